The first-order valence-corrected chi connectivity index (χ1v) is 9.63. The maximum absolute atomic E-state index is 11.3. The van der Waals surface area contributed by atoms with Gasteiger partial charge in [0.15, 0.2) is 0 Å². The minimum atomic E-state index is -4.81. The van der Waals surface area contributed by atoms with Crippen molar-refractivity contribution in [1.82, 2.24) is 0 Å². The molecule has 0 saturated heterocycles. The molecule has 3 N–H and O–H groups in total. The number of hydrogen-bond donors (Lipinski definition) is 3. The molecule has 0 heterocycles. The van der Waals surface area contributed by atoms with E-state index in [1.807, 2.05) is 0 Å². The molecule has 23 heavy (non-hydrogen) atoms. The molecule has 0 radical (unpaired) electrons. The van der Waals surface area contributed by atoms with Gasteiger partial charge in [-0.05, 0) is 24.3 Å². The summed E-state index contributed by atoms with van der Waals surface area (Å²) in [6.07, 6.45) is 0. The number of fused-ring (bicyclic) bond motifs is 1. The van der Waals surface area contributed by atoms with E-state index < -0.39 is 50.4 Å². The van der Waals surface area contributed by atoms with Crippen molar-refractivity contribution in [2.75, 3.05) is 0 Å². The van der Waals surface area contributed by atoms with E-state index in [1.54, 1.807) is 0 Å². The van der Waals surface area contributed by atoms with Crippen LogP contribution in [0.5, 0.6) is 0 Å². The van der Waals surface area contributed by atoms with Gasteiger partial charge >= 0.3 is 18.9 Å². The van der Waals surface area contributed by atoms with Crippen LogP contribution in [-0.4, -0.2) is 57.8 Å². The van der Waals surface area contributed by atoms with E-state index in [9.17, 15) is 25.3 Å². The Morgan fingerprint density at radius 3 is 1.43 bits per heavy atom. The van der Waals surface area contributed by atoms with Crippen molar-refractivity contribution < 1.29 is 38.9 Å². The van der Waals surface area contributed by atoms with E-state index in [0.29, 0.717) is 12.1 Å². The van der Waals surface area contributed by atoms with E-state index >= 15 is 0 Å². The second-order valence-electron chi connectivity index (χ2n) is 4.19. The molecular weight excluding hydrogens is 367 g/mol. The van der Waals surface area contributed by atoms with Gasteiger partial charge in [0.25, 0.3) is 30.4 Å². The van der Waals surface area contributed by atoms with Crippen LogP contribution in [-0.2, 0) is 30.4 Å². The molecule has 0 unspecified atom stereocenters. The Balaban J connectivity index is 0.00000264. The van der Waals surface area contributed by atoms with Gasteiger partial charge in [-0.15, -0.1) is 0 Å². The monoisotopic (exact) mass is 376 g/mol. The molecule has 0 aliphatic rings. The van der Waals surface area contributed by atoms with Gasteiger partial charge in [0, 0.05) is 10.8 Å². The Morgan fingerprint density at radius 1 is 0.609 bits per heavy atom. The van der Waals surface area contributed by atoms with Crippen molar-refractivity contribution in [2.45, 2.75) is 14.7 Å². The third-order valence-corrected chi connectivity index (χ3v) is 5.43. The van der Waals surface area contributed by atoms with Gasteiger partial charge in [-0.3, -0.25) is 13.7 Å². The molecule has 0 spiro atoms. The molecule has 0 atom stereocenters. The van der Waals surface area contributed by atoms with Gasteiger partial charge in [-0.25, -0.2) is 0 Å². The molecule has 122 valence electrons. The zero-order chi connectivity index (χ0) is 16.9. The van der Waals surface area contributed by atoms with Gasteiger partial charge in [0.05, 0.1) is 4.90 Å². The summed E-state index contributed by atoms with van der Waals surface area (Å²) >= 11 is 0. The summed E-state index contributed by atoms with van der Waals surface area (Å²) in [5, 5.41) is -0.835. The second-order valence-corrected chi connectivity index (χ2v) is 8.40. The molecule has 0 amide bonds. The van der Waals surface area contributed by atoms with Crippen molar-refractivity contribution >= 4 is 60.0 Å². The summed E-state index contributed by atoms with van der Waals surface area (Å²) in [7, 11) is -14.2. The van der Waals surface area contributed by atoms with Gasteiger partial charge in [0.1, 0.15) is 9.79 Å². The molecule has 9 nitrogen and oxygen atoms in total. The summed E-state index contributed by atoms with van der Waals surface area (Å²) < 4.78 is 94.5. The zero-order valence-electron chi connectivity index (χ0n) is 10.4. The van der Waals surface area contributed by atoms with Crippen molar-refractivity contribution in [3.63, 3.8) is 0 Å². The predicted molar refractivity (Wildman–Crippen MR) is 80.5 cm³/mol. The van der Waals surface area contributed by atoms with E-state index in [0.717, 1.165) is 18.2 Å². The molecule has 0 aromatic heterocycles. The van der Waals surface area contributed by atoms with Crippen molar-refractivity contribution in [2.24, 2.45) is 0 Å². The molecule has 0 aliphatic carbocycles. The predicted octanol–water partition coefficient (Wildman–Crippen LogP) is -0.0686. The molecule has 0 aliphatic heterocycles. The van der Waals surface area contributed by atoms with Crippen LogP contribution in [0.1, 0.15) is 0 Å². The van der Waals surface area contributed by atoms with Crippen LogP contribution in [0.15, 0.2) is 45.0 Å². The van der Waals surface area contributed by atoms with Gasteiger partial charge in [-0.1, -0.05) is 6.07 Å². The van der Waals surface area contributed by atoms with Crippen molar-refractivity contribution in [1.29, 1.82) is 0 Å². The third kappa shape index (κ3) is 4.11. The molecule has 2 rings (SSSR count). The van der Waals surface area contributed by atoms with Crippen LogP contribution < -0.4 is 0 Å². The average molecular weight is 376 g/mol. The molecule has 0 bridgehead atoms. The minimum absolute atomic E-state index is 0. The summed E-state index contributed by atoms with van der Waals surface area (Å²) in [5.74, 6) is 0. The van der Waals surface area contributed by atoms with Crippen LogP contribution in [0, 0.1) is 0 Å². The Hall–Kier alpha value is -0.973. The molecule has 0 saturated carbocycles. The Morgan fingerprint density at radius 2 is 1.04 bits per heavy atom. The first-order valence-electron chi connectivity index (χ1n) is 5.31. The van der Waals surface area contributed by atoms with E-state index in [-0.39, 0.29) is 24.2 Å². The van der Waals surface area contributed by atoms with Crippen LogP contribution in [0.2, 0.25) is 0 Å². The van der Waals surface area contributed by atoms with Crippen molar-refractivity contribution in [3.05, 3.63) is 30.3 Å². The van der Waals surface area contributed by atoms with Gasteiger partial charge in [-0.2, -0.15) is 25.3 Å². The average Bonchev–Trinajstić information content (AvgIpc) is 2.33. The first-order chi connectivity index (χ1) is 9.82. The van der Waals surface area contributed by atoms with E-state index in [4.69, 9.17) is 13.7 Å². The standard InChI is InChI=1S/C10H8O9S3.Li.H/c11-20(12,13)6-1-2-7-8(5-6)10(22(17,18)19)4-3-9(7)21(14,15)16;;/h1-5H,(H,11,12,13)(H,14,15,16)(H,17,18,19);;. The van der Waals surface area contributed by atoms with Crippen LogP contribution in [0.3, 0.4) is 0 Å². The number of hydrogen-bond acceptors (Lipinski definition) is 6. The molecule has 0 fully saturated rings. The topological polar surface area (TPSA) is 163 Å². The third-order valence-electron chi connectivity index (χ3n) is 2.76. The number of benzene rings is 2. The summed E-state index contributed by atoms with van der Waals surface area (Å²) in [6, 6.07) is 3.81. The molecular formula is C10H9LiO9S3. The Labute approximate surface area is 143 Å². The van der Waals surface area contributed by atoms with Gasteiger partial charge < -0.3 is 0 Å². The molecule has 2 aromatic carbocycles. The fraction of sp³-hybridized carbons (Fsp3) is 0. The molecule has 2 aromatic rings. The first kappa shape index (κ1) is 20.1. The Kier molecular flexibility index (Phi) is 5.37. The van der Waals surface area contributed by atoms with E-state index in [2.05, 4.69) is 0 Å². The summed E-state index contributed by atoms with van der Waals surface area (Å²) in [6.45, 7) is 0. The zero-order valence-corrected chi connectivity index (χ0v) is 12.9. The van der Waals surface area contributed by atoms with Crippen LogP contribution in [0.25, 0.3) is 10.8 Å². The summed E-state index contributed by atoms with van der Waals surface area (Å²) in [5.41, 5.74) is 0. The SMILES string of the molecule is O=S(=O)(O)c1ccc2c(S(=O)(=O)O)ccc(S(=O)(=O)O)c2c1.[LiH]. The fourth-order valence-corrected chi connectivity index (χ4v) is 3.77. The molecule has 13 heteroatoms. The number of rotatable bonds is 3. The van der Waals surface area contributed by atoms with Crippen molar-refractivity contribution in [3.8, 4) is 0 Å². The quantitative estimate of drug-likeness (QED) is 0.491. The second kappa shape index (κ2) is 6.15. The normalized spacial score (nSPS) is 12.8. The fourth-order valence-electron chi connectivity index (χ4n) is 1.88. The van der Waals surface area contributed by atoms with E-state index in [1.165, 1.54) is 0 Å². The van der Waals surface area contributed by atoms with Gasteiger partial charge in [0.2, 0.25) is 0 Å². The van der Waals surface area contributed by atoms with Crippen LogP contribution in [0.4, 0.5) is 0 Å². The van der Waals surface area contributed by atoms with Crippen LogP contribution >= 0.6 is 0 Å². The maximum atomic E-state index is 11.3. The Bertz CT molecular complexity index is 1090. The summed E-state index contributed by atoms with van der Waals surface area (Å²) in [4.78, 5) is -2.17.